The molecule has 0 saturated heterocycles. The fraction of sp³-hybridized carbons (Fsp3) is 0.188. The molecule has 2 aromatic carbocycles. The Kier molecular flexibility index (Phi) is 5.22. The van der Waals surface area contributed by atoms with E-state index in [0.717, 1.165) is 6.42 Å². The maximum absolute atomic E-state index is 12.4. The Morgan fingerprint density at radius 3 is 2.23 bits per heavy atom. The van der Waals surface area contributed by atoms with Gasteiger partial charge in [0, 0.05) is 18.0 Å². The van der Waals surface area contributed by atoms with E-state index in [9.17, 15) is 16.8 Å². The zero-order chi connectivity index (χ0) is 18.8. The van der Waals surface area contributed by atoms with Gasteiger partial charge in [0.05, 0.1) is 15.5 Å². The molecular formula is C16H16ClN3O4S2. The first-order chi connectivity index (χ1) is 12.3. The average molecular weight is 414 g/mol. The maximum atomic E-state index is 12.4. The molecule has 3 rings (SSSR count). The number of sulfonamides is 2. The Morgan fingerprint density at radius 1 is 0.885 bits per heavy atom. The second kappa shape index (κ2) is 7.26. The van der Waals surface area contributed by atoms with Crippen LogP contribution in [-0.2, 0) is 20.0 Å². The number of anilines is 1. The lowest BCUT2D eigenvalue weighted by Crippen LogP contribution is -2.29. The summed E-state index contributed by atoms with van der Waals surface area (Å²) in [7, 11) is -7.69. The van der Waals surface area contributed by atoms with Crippen LogP contribution in [0.15, 0.2) is 63.3 Å². The second-order valence-corrected chi connectivity index (χ2v) is 9.43. The van der Waals surface area contributed by atoms with E-state index in [-0.39, 0.29) is 15.5 Å². The standard InChI is InChI=1S/C16H16ClN3O4S2/c17-12-6-8-14(9-7-12)25(21,22)19-13-3-1-4-15(11-13)26(23,24)20-16-5-2-10-18-16/h1,3-4,6-9,11,19H,2,5,10H2,(H,18,20). The van der Waals surface area contributed by atoms with Gasteiger partial charge in [-0.15, -0.1) is 0 Å². The molecule has 0 unspecified atom stereocenters. The number of aliphatic imine (C=N–C) groups is 1. The van der Waals surface area contributed by atoms with Crippen molar-refractivity contribution in [2.75, 3.05) is 11.3 Å². The Labute approximate surface area is 157 Å². The molecule has 0 spiro atoms. The number of hydrogen-bond donors (Lipinski definition) is 2. The zero-order valence-corrected chi connectivity index (χ0v) is 15.9. The van der Waals surface area contributed by atoms with Crippen molar-refractivity contribution in [1.82, 2.24) is 4.72 Å². The molecule has 0 saturated carbocycles. The molecule has 0 radical (unpaired) electrons. The third-order valence-electron chi connectivity index (χ3n) is 3.65. The molecule has 2 N–H and O–H groups in total. The Morgan fingerprint density at radius 2 is 1.58 bits per heavy atom. The van der Waals surface area contributed by atoms with Crippen LogP contribution in [0.3, 0.4) is 0 Å². The van der Waals surface area contributed by atoms with Gasteiger partial charge < -0.3 is 0 Å². The van der Waals surface area contributed by atoms with Crippen molar-refractivity contribution in [3.05, 3.63) is 53.6 Å². The molecule has 7 nitrogen and oxygen atoms in total. The Hall–Kier alpha value is -2.10. The van der Waals surface area contributed by atoms with Crippen molar-refractivity contribution in [1.29, 1.82) is 0 Å². The highest BCUT2D eigenvalue weighted by atomic mass is 35.5. The van der Waals surface area contributed by atoms with E-state index in [1.165, 1.54) is 48.5 Å². The number of nitrogens with one attached hydrogen (secondary N) is 2. The number of amidine groups is 1. The first kappa shape index (κ1) is 18.7. The fourth-order valence-corrected chi connectivity index (χ4v) is 4.70. The summed E-state index contributed by atoms with van der Waals surface area (Å²) >= 11 is 5.76. The molecule has 10 heteroatoms. The van der Waals surface area contributed by atoms with Gasteiger partial charge in [0.1, 0.15) is 5.84 Å². The van der Waals surface area contributed by atoms with Gasteiger partial charge in [0.2, 0.25) is 0 Å². The van der Waals surface area contributed by atoms with E-state index < -0.39 is 20.0 Å². The summed E-state index contributed by atoms with van der Waals surface area (Å²) in [6, 6.07) is 11.2. The first-order valence-corrected chi connectivity index (χ1v) is 11.1. The molecule has 0 aliphatic carbocycles. The molecule has 1 aliphatic rings. The Balaban J connectivity index is 1.84. The minimum Gasteiger partial charge on any atom is -0.280 e. The van der Waals surface area contributed by atoms with Crippen LogP contribution in [0.25, 0.3) is 0 Å². The topological polar surface area (TPSA) is 105 Å². The second-order valence-electron chi connectivity index (χ2n) is 5.62. The van der Waals surface area contributed by atoms with E-state index in [0.29, 0.717) is 23.8 Å². The smallest absolute Gasteiger partial charge is 0.262 e. The summed E-state index contributed by atoms with van der Waals surface area (Å²) in [4.78, 5) is 4.05. The summed E-state index contributed by atoms with van der Waals surface area (Å²) in [6.07, 6.45) is 1.38. The van der Waals surface area contributed by atoms with E-state index in [2.05, 4.69) is 14.4 Å². The molecule has 138 valence electrons. The molecule has 0 amide bonds. The SMILES string of the molecule is O=S(=O)(NC1=NCCC1)c1cccc(NS(=O)(=O)c2ccc(Cl)cc2)c1. The van der Waals surface area contributed by atoms with Gasteiger partial charge in [-0.1, -0.05) is 17.7 Å². The van der Waals surface area contributed by atoms with Crippen LogP contribution in [0, 0.1) is 0 Å². The number of rotatable bonds is 5. The quantitative estimate of drug-likeness (QED) is 0.785. The average Bonchev–Trinajstić information content (AvgIpc) is 3.07. The maximum Gasteiger partial charge on any atom is 0.262 e. The number of nitrogens with zero attached hydrogens (tertiary/aromatic N) is 1. The minimum atomic E-state index is -3.86. The van der Waals surface area contributed by atoms with Crippen LogP contribution >= 0.6 is 11.6 Å². The minimum absolute atomic E-state index is 0.0218. The van der Waals surface area contributed by atoms with Crippen LogP contribution in [-0.4, -0.2) is 29.2 Å². The van der Waals surface area contributed by atoms with Crippen LogP contribution < -0.4 is 9.44 Å². The van der Waals surface area contributed by atoms with E-state index >= 15 is 0 Å². The largest absolute Gasteiger partial charge is 0.280 e. The van der Waals surface area contributed by atoms with E-state index in [4.69, 9.17) is 11.6 Å². The molecule has 0 aromatic heterocycles. The van der Waals surface area contributed by atoms with Gasteiger partial charge in [-0.3, -0.25) is 14.4 Å². The normalized spacial score (nSPS) is 14.7. The molecule has 0 fully saturated rings. The predicted molar refractivity (Wildman–Crippen MR) is 101 cm³/mol. The van der Waals surface area contributed by atoms with Crippen LogP contribution in [0.2, 0.25) is 5.02 Å². The Bertz CT molecular complexity index is 1050. The van der Waals surface area contributed by atoms with Gasteiger partial charge in [0.15, 0.2) is 0 Å². The van der Waals surface area contributed by atoms with Crippen molar-refractivity contribution < 1.29 is 16.8 Å². The van der Waals surface area contributed by atoms with Crippen molar-refractivity contribution >= 4 is 43.2 Å². The third kappa shape index (κ3) is 4.35. The summed E-state index contributed by atoms with van der Waals surface area (Å²) in [5.74, 6) is 0.414. The lowest BCUT2D eigenvalue weighted by molar-refractivity contribution is 0.591. The van der Waals surface area contributed by atoms with E-state index in [1.807, 2.05) is 0 Å². The lowest BCUT2D eigenvalue weighted by atomic mass is 10.3. The van der Waals surface area contributed by atoms with Crippen LogP contribution in [0.5, 0.6) is 0 Å². The van der Waals surface area contributed by atoms with E-state index in [1.54, 1.807) is 0 Å². The van der Waals surface area contributed by atoms with Crippen LogP contribution in [0.4, 0.5) is 5.69 Å². The van der Waals surface area contributed by atoms with Crippen molar-refractivity contribution in [2.45, 2.75) is 22.6 Å². The van der Waals surface area contributed by atoms with Gasteiger partial charge in [-0.25, -0.2) is 16.8 Å². The van der Waals surface area contributed by atoms with Crippen molar-refractivity contribution in [3.63, 3.8) is 0 Å². The predicted octanol–water partition coefficient (Wildman–Crippen LogP) is 2.61. The first-order valence-electron chi connectivity index (χ1n) is 7.71. The zero-order valence-electron chi connectivity index (χ0n) is 13.5. The highest BCUT2D eigenvalue weighted by Gasteiger charge is 2.20. The molecule has 26 heavy (non-hydrogen) atoms. The highest BCUT2D eigenvalue weighted by Crippen LogP contribution is 2.21. The van der Waals surface area contributed by atoms with Crippen molar-refractivity contribution in [2.24, 2.45) is 4.99 Å². The number of hydrogen-bond acceptors (Lipinski definition) is 5. The molecule has 1 heterocycles. The lowest BCUT2D eigenvalue weighted by Gasteiger charge is -2.11. The third-order valence-corrected chi connectivity index (χ3v) is 6.68. The summed E-state index contributed by atoms with van der Waals surface area (Å²) in [5.41, 5.74) is 0.135. The van der Waals surface area contributed by atoms with Gasteiger partial charge in [0.25, 0.3) is 20.0 Å². The van der Waals surface area contributed by atoms with Gasteiger partial charge >= 0.3 is 0 Å². The highest BCUT2D eigenvalue weighted by molar-refractivity contribution is 7.92. The molecule has 0 bridgehead atoms. The molecule has 2 aromatic rings. The summed E-state index contributed by atoms with van der Waals surface area (Å²) in [5, 5.41) is 0.415. The molecule has 1 aliphatic heterocycles. The van der Waals surface area contributed by atoms with Crippen molar-refractivity contribution in [3.8, 4) is 0 Å². The van der Waals surface area contributed by atoms with Gasteiger partial charge in [-0.05, 0) is 48.9 Å². The number of benzene rings is 2. The number of halogens is 1. The fourth-order valence-electron chi connectivity index (χ4n) is 2.39. The monoisotopic (exact) mass is 413 g/mol. The van der Waals surface area contributed by atoms with Gasteiger partial charge in [-0.2, -0.15) is 0 Å². The summed E-state index contributed by atoms with van der Waals surface area (Å²) < 4.78 is 54.5. The molecular weight excluding hydrogens is 398 g/mol. The molecule has 0 atom stereocenters. The summed E-state index contributed by atoms with van der Waals surface area (Å²) in [6.45, 7) is 0.596. The van der Waals surface area contributed by atoms with Crippen LogP contribution in [0.1, 0.15) is 12.8 Å².